The Bertz CT molecular complexity index is 1190. The van der Waals surface area contributed by atoms with E-state index < -0.39 is 16.6 Å². The zero-order valence-corrected chi connectivity index (χ0v) is 19.3. The van der Waals surface area contributed by atoms with Gasteiger partial charge in [-0.05, 0) is 47.8 Å². The van der Waals surface area contributed by atoms with Gasteiger partial charge in [0.05, 0.1) is 11.5 Å². The van der Waals surface area contributed by atoms with Crippen LogP contribution in [0.3, 0.4) is 0 Å². The van der Waals surface area contributed by atoms with E-state index in [1.807, 2.05) is 22.4 Å². The average molecular weight is 483 g/mol. The Labute approximate surface area is 200 Å². The highest BCUT2D eigenvalue weighted by molar-refractivity contribution is 7.09. The molecular formula is C24H23FN4O4S. The number of amides is 2. The molecule has 4 rings (SSSR count). The van der Waals surface area contributed by atoms with E-state index in [1.54, 1.807) is 17.0 Å². The molecule has 1 fully saturated rings. The Morgan fingerprint density at radius 2 is 1.79 bits per heavy atom. The lowest BCUT2D eigenvalue weighted by Crippen LogP contribution is -2.48. The van der Waals surface area contributed by atoms with E-state index in [4.69, 9.17) is 0 Å². The van der Waals surface area contributed by atoms with Crippen LogP contribution < -0.4 is 9.80 Å². The topological polar surface area (TPSA) is 87.0 Å². The molecule has 0 unspecified atom stereocenters. The first-order valence-electron chi connectivity index (χ1n) is 10.7. The van der Waals surface area contributed by atoms with Gasteiger partial charge < -0.3 is 14.7 Å². The van der Waals surface area contributed by atoms with Crippen LogP contribution in [-0.2, 0) is 11.3 Å². The number of carbonyl (C=O) groups is 2. The molecule has 0 N–H and O–H groups in total. The smallest absolute Gasteiger partial charge is 0.293 e. The Kier molecular flexibility index (Phi) is 6.87. The van der Waals surface area contributed by atoms with Crippen molar-refractivity contribution in [3.05, 3.63) is 86.3 Å². The van der Waals surface area contributed by atoms with Gasteiger partial charge in [0.1, 0.15) is 11.5 Å². The van der Waals surface area contributed by atoms with Crippen molar-refractivity contribution < 1.29 is 18.9 Å². The normalized spacial score (nSPS) is 13.6. The molecule has 0 saturated carbocycles. The van der Waals surface area contributed by atoms with Crippen LogP contribution in [0, 0.1) is 15.9 Å². The zero-order valence-electron chi connectivity index (χ0n) is 18.5. The minimum Gasteiger partial charge on any atom is -0.362 e. The second-order valence-electron chi connectivity index (χ2n) is 7.90. The van der Waals surface area contributed by atoms with E-state index in [-0.39, 0.29) is 23.7 Å². The van der Waals surface area contributed by atoms with E-state index in [1.165, 1.54) is 53.5 Å². The largest absolute Gasteiger partial charge is 0.362 e. The van der Waals surface area contributed by atoms with Gasteiger partial charge in [0, 0.05) is 55.3 Å². The van der Waals surface area contributed by atoms with Crippen molar-refractivity contribution in [2.24, 2.45) is 0 Å². The third kappa shape index (κ3) is 5.07. The highest BCUT2D eigenvalue weighted by Gasteiger charge is 2.27. The second kappa shape index (κ2) is 10.0. The molecule has 0 aliphatic carbocycles. The minimum atomic E-state index is -0.495. The summed E-state index contributed by atoms with van der Waals surface area (Å²) < 4.78 is 13.5. The quantitative estimate of drug-likeness (QED) is 0.386. The van der Waals surface area contributed by atoms with E-state index in [9.17, 15) is 24.1 Å². The van der Waals surface area contributed by atoms with Crippen LogP contribution in [0.4, 0.5) is 21.5 Å². The van der Waals surface area contributed by atoms with Crippen LogP contribution in [0.1, 0.15) is 22.2 Å². The van der Waals surface area contributed by atoms with Crippen molar-refractivity contribution in [3.63, 3.8) is 0 Å². The molecule has 1 aromatic heterocycles. The van der Waals surface area contributed by atoms with Gasteiger partial charge in [-0.3, -0.25) is 19.7 Å². The van der Waals surface area contributed by atoms with Crippen molar-refractivity contribution in [2.45, 2.75) is 13.5 Å². The third-order valence-electron chi connectivity index (χ3n) is 5.76. The summed E-state index contributed by atoms with van der Waals surface area (Å²) in [6.07, 6.45) is 0. The summed E-state index contributed by atoms with van der Waals surface area (Å²) in [6, 6.07) is 13.8. The summed E-state index contributed by atoms with van der Waals surface area (Å²) >= 11 is 1.48. The summed E-state index contributed by atoms with van der Waals surface area (Å²) in [5.74, 6) is -0.866. The predicted octanol–water partition coefficient (Wildman–Crippen LogP) is 4.31. The maximum absolute atomic E-state index is 13.5. The predicted molar refractivity (Wildman–Crippen MR) is 129 cm³/mol. The SMILES string of the molecule is CC(=O)N1CCN(c2ccc(C(=O)N(Cc3cccs3)c3ccc(F)cc3)cc2[N+](=O)[O-])CC1. The molecule has 8 nitrogen and oxygen atoms in total. The van der Waals surface area contributed by atoms with Gasteiger partial charge in [-0.2, -0.15) is 0 Å². The monoisotopic (exact) mass is 482 g/mol. The number of halogens is 1. The molecule has 0 radical (unpaired) electrons. The lowest BCUT2D eigenvalue weighted by Gasteiger charge is -2.35. The van der Waals surface area contributed by atoms with Crippen LogP contribution >= 0.6 is 11.3 Å². The lowest BCUT2D eigenvalue weighted by atomic mass is 10.1. The van der Waals surface area contributed by atoms with Crippen LogP contribution in [0.25, 0.3) is 0 Å². The third-order valence-corrected chi connectivity index (χ3v) is 6.62. The molecule has 0 atom stereocenters. The molecule has 0 bridgehead atoms. The number of carbonyl (C=O) groups excluding carboxylic acids is 2. The summed E-state index contributed by atoms with van der Waals surface area (Å²) in [7, 11) is 0. The number of thiophene rings is 1. The maximum Gasteiger partial charge on any atom is 0.293 e. The first kappa shape index (κ1) is 23.4. The fourth-order valence-corrected chi connectivity index (χ4v) is 4.64. The van der Waals surface area contributed by atoms with Crippen molar-refractivity contribution in [3.8, 4) is 0 Å². The van der Waals surface area contributed by atoms with Gasteiger partial charge in [0.25, 0.3) is 11.6 Å². The summed E-state index contributed by atoms with van der Waals surface area (Å²) in [4.78, 5) is 42.4. The van der Waals surface area contributed by atoms with Crippen molar-refractivity contribution in [2.75, 3.05) is 36.0 Å². The number of hydrogen-bond acceptors (Lipinski definition) is 6. The Hall–Kier alpha value is -3.79. The van der Waals surface area contributed by atoms with Gasteiger partial charge >= 0.3 is 0 Å². The maximum atomic E-state index is 13.5. The number of piperazine rings is 1. The summed E-state index contributed by atoms with van der Waals surface area (Å²) in [5, 5.41) is 13.8. The molecule has 176 valence electrons. The van der Waals surface area contributed by atoms with Crippen molar-refractivity contribution >= 4 is 40.2 Å². The van der Waals surface area contributed by atoms with Crippen molar-refractivity contribution in [1.82, 2.24) is 4.90 Å². The molecular weight excluding hydrogens is 459 g/mol. The molecule has 2 amide bonds. The molecule has 1 saturated heterocycles. The molecule has 2 aromatic carbocycles. The number of hydrogen-bond donors (Lipinski definition) is 0. The van der Waals surface area contributed by atoms with E-state index in [0.29, 0.717) is 37.6 Å². The summed E-state index contributed by atoms with van der Waals surface area (Å²) in [6.45, 7) is 3.65. The number of benzene rings is 2. The molecule has 1 aliphatic heterocycles. The van der Waals surface area contributed by atoms with Crippen LogP contribution in [-0.4, -0.2) is 47.8 Å². The Balaban J connectivity index is 1.64. The minimum absolute atomic E-state index is 0.0262. The number of nitrogens with zero attached hydrogens (tertiary/aromatic N) is 4. The zero-order chi connectivity index (χ0) is 24.2. The summed E-state index contributed by atoms with van der Waals surface area (Å²) in [5.41, 5.74) is 0.902. The number of nitro benzene ring substituents is 1. The van der Waals surface area contributed by atoms with E-state index >= 15 is 0 Å². The first-order chi connectivity index (χ1) is 16.3. The van der Waals surface area contributed by atoms with Gasteiger partial charge in [-0.15, -0.1) is 11.3 Å². The lowest BCUT2D eigenvalue weighted by molar-refractivity contribution is -0.384. The second-order valence-corrected chi connectivity index (χ2v) is 8.93. The molecule has 1 aliphatic rings. The van der Waals surface area contributed by atoms with E-state index in [2.05, 4.69) is 0 Å². The number of anilines is 2. The first-order valence-corrected chi connectivity index (χ1v) is 11.6. The molecule has 3 aromatic rings. The number of nitro groups is 1. The Morgan fingerprint density at radius 3 is 2.38 bits per heavy atom. The standard InChI is InChI=1S/C24H23FN4O4S/c1-17(30)26-10-12-27(13-11-26)22-9-4-18(15-23(22)29(32)33)24(31)28(16-21-3-2-14-34-21)20-7-5-19(25)6-8-20/h2-9,14-15H,10-13,16H2,1H3. The highest BCUT2D eigenvalue weighted by Crippen LogP contribution is 2.32. The van der Waals surface area contributed by atoms with Crippen molar-refractivity contribution in [1.29, 1.82) is 0 Å². The van der Waals surface area contributed by atoms with Gasteiger partial charge in [0.15, 0.2) is 0 Å². The van der Waals surface area contributed by atoms with Crippen LogP contribution in [0.15, 0.2) is 60.0 Å². The molecule has 0 spiro atoms. The van der Waals surface area contributed by atoms with E-state index in [0.717, 1.165) is 4.88 Å². The van der Waals surface area contributed by atoms with Crippen LogP contribution in [0.2, 0.25) is 0 Å². The molecule has 2 heterocycles. The number of rotatable bonds is 6. The fourth-order valence-electron chi connectivity index (χ4n) is 3.95. The van der Waals surface area contributed by atoms with Gasteiger partial charge in [-0.1, -0.05) is 6.07 Å². The molecule has 10 heteroatoms. The molecule has 34 heavy (non-hydrogen) atoms. The van der Waals surface area contributed by atoms with Gasteiger partial charge in [0.2, 0.25) is 5.91 Å². The van der Waals surface area contributed by atoms with Gasteiger partial charge in [-0.25, -0.2) is 4.39 Å². The average Bonchev–Trinajstić information content (AvgIpc) is 3.36. The fraction of sp³-hybridized carbons (Fsp3) is 0.250. The Morgan fingerprint density at radius 1 is 1.09 bits per heavy atom. The van der Waals surface area contributed by atoms with Crippen LogP contribution in [0.5, 0.6) is 0 Å². The highest BCUT2D eigenvalue weighted by atomic mass is 32.1.